The van der Waals surface area contributed by atoms with Crippen LogP contribution in [0.1, 0.15) is 19.8 Å². The van der Waals surface area contributed by atoms with Crippen LogP contribution in [0.5, 0.6) is 0 Å². The van der Waals surface area contributed by atoms with Crippen LogP contribution in [-0.2, 0) is 9.59 Å². The molecule has 82 valence electrons. The Hall–Kier alpha value is -0.610. The lowest BCUT2D eigenvalue weighted by atomic mass is 9.82. The number of carbonyl (C=O) groups is 2. The first-order valence-electron chi connectivity index (χ1n) is 4.63. The third kappa shape index (κ3) is 3.27. The first-order chi connectivity index (χ1) is 6.13. The number of rotatable bonds is 3. The molecule has 4 nitrogen and oxygen atoms in total. The molecule has 5 heteroatoms. The van der Waals surface area contributed by atoms with Gasteiger partial charge in [0.25, 0.3) is 0 Å². The first kappa shape index (κ1) is 13.4. The van der Waals surface area contributed by atoms with Crippen molar-refractivity contribution in [1.82, 2.24) is 5.32 Å². The summed E-state index contributed by atoms with van der Waals surface area (Å²) in [5, 5.41) is 3.18. The molecule has 1 unspecified atom stereocenters. The van der Waals surface area contributed by atoms with E-state index in [1.54, 1.807) is 0 Å². The Kier molecular flexibility index (Phi) is 5.72. The third-order valence-corrected chi connectivity index (χ3v) is 2.60. The van der Waals surface area contributed by atoms with Crippen molar-refractivity contribution in [1.29, 1.82) is 0 Å². The second kappa shape index (κ2) is 5.98. The normalized spacial score (nSPS) is 19.5. The van der Waals surface area contributed by atoms with Crippen molar-refractivity contribution in [2.24, 2.45) is 17.6 Å². The molecular weight excluding hydrogens is 204 g/mol. The van der Waals surface area contributed by atoms with Gasteiger partial charge in [-0.1, -0.05) is 0 Å². The lowest BCUT2D eigenvalue weighted by molar-refractivity contribution is -0.133. The van der Waals surface area contributed by atoms with Crippen molar-refractivity contribution in [3.8, 4) is 0 Å². The molecule has 0 aromatic rings. The molecule has 0 aromatic heterocycles. The summed E-state index contributed by atoms with van der Waals surface area (Å²) in [4.78, 5) is 22.2. The average Bonchev–Trinajstić information content (AvgIpc) is 2.04. The molecule has 0 radical (unpaired) electrons. The molecule has 0 aliphatic carbocycles. The van der Waals surface area contributed by atoms with E-state index in [0.29, 0.717) is 0 Å². The number of nitrogens with two attached hydrogens (primary N) is 1. The zero-order valence-corrected chi connectivity index (χ0v) is 9.10. The molecule has 0 aromatic carbocycles. The van der Waals surface area contributed by atoms with E-state index in [1.165, 1.54) is 6.92 Å². The largest absolute Gasteiger partial charge is 0.369 e. The van der Waals surface area contributed by atoms with E-state index in [4.69, 9.17) is 5.73 Å². The minimum absolute atomic E-state index is 0. The summed E-state index contributed by atoms with van der Waals surface area (Å²) < 4.78 is 0. The topological polar surface area (TPSA) is 72.2 Å². The summed E-state index contributed by atoms with van der Waals surface area (Å²) in [5.41, 5.74) is 5.19. The molecule has 1 saturated heterocycles. The van der Waals surface area contributed by atoms with Crippen LogP contribution >= 0.6 is 12.4 Å². The first-order valence-corrected chi connectivity index (χ1v) is 4.63. The van der Waals surface area contributed by atoms with Gasteiger partial charge < -0.3 is 11.1 Å². The summed E-state index contributed by atoms with van der Waals surface area (Å²) in [6.07, 6.45) is 1.74. The predicted molar refractivity (Wildman–Crippen MR) is 56.2 cm³/mol. The molecular formula is C9H17ClN2O2. The Labute approximate surface area is 90.0 Å². The van der Waals surface area contributed by atoms with E-state index in [0.717, 1.165) is 25.9 Å². The maximum atomic E-state index is 11.2. The highest BCUT2D eigenvalue weighted by atomic mass is 35.5. The predicted octanol–water partition coefficient (Wildman–Crippen LogP) is 0.0983. The van der Waals surface area contributed by atoms with Gasteiger partial charge in [0.2, 0.25) is 5.91 Å². The van der Waals surface area contributed by atoms with Crippen molar-refractivity contribution < 1.29 is 9.59 Å². The van der Waals surface area contributed by atoms with Crippen LogP contribution in [0.25, 0.3) is 0 Å². The van der Waals surface area contributed by atoms with Gasteiger partial charge in [0, 0.05) is 0 Å². The van der Waals surface area contributed by atoms with E-state index >= 15 is 0 Å². The van der Waals surface area contributed by atoms with Crippen LogP contribution in [0, 0.1) is 11.8 Å². The fourth-order valence-corrected chi connectivity index (χ4v) is 1.94. The number of Topliss-reactive ketones (excluding diaryl/α,β-unsaturated/α-hetero) is 1. The highest BCUT2D eigenvalue weighted by Crippen LogP contribution is 2.22. The van der Waals surface area contributed by atoms with Crippen molar-refractivity contribution >= 4 is 24.1 Å². The highest BCUT2D eigenvalue weighted by molar-refractivity contribution is 5.99. The van der Waals surface area contributed by atoms with Gasteiger partial charge in [0.15, 0.2) is 0 Å². The molecule has 1 heterocycles. The van der Waals surface area contributed by atoms with Gasteiger partial charge >= 0.3 is 0 Å². The van der Waals surface area contributed by atoms with E-state index in [1.807, 2.05) is 0 Å². The Bertz CT molecular complexity index is 201. The van der Waals surface area contributed by atoms with Gasteiger partial charge in [-0.05, 0) is 38.8 Å². The van der Waals surface area contributed by atoms with E-state index in [-0.39, 0.29) is 24.1 Å². The van der Waals surface area contributed by atoms with Crippen LogP contribution in [0.2, 0.25) is 0 Å². The van der Waals surface area contributed by atoms with Crippen LogP contribution in [0.4, 0.5) is 0 Å². The number of halogens is 1. The Morgan fingerprint density at radius 2 is 1.86 bits per heavy atom. The second-order valence-corrected chi connectivity index (χ2v) is 3.58. The molecule has 1 amide bonds. The molecule has 1 rings (SSSR count). The second-order valence-electron chi connectivity index (χ2n) is 3.58. The quantitative estimate of drug-likeness (QED) is 0.663. The Balaban J connectivity index is 0.00000169. The number of nitrogens with one attached hydrogen (secondary N) is 1. The molecule has 14 heavy (non-hydrogen) atoms. The fraction of sp³-hybridized carbons (Fsp3) is 0.778. The SMILES string of the molecule is CC(=O)C(C(N)=O)C1CCNCC1.Cl. The zero-order chi connectivity index (χ0) is 9.84. The Morgan fingerprint density at radius 3 is 2.21 bits per heavy atom. The number of hydrogen-bond acceptors (Lipinski definition) is 3. The molecule has 1 fully saturated rings. The number of hydrogen-bond donors (Lipinski definition) is 2. The molecule has 1 atom stereocenters. The van der Waals surface area contributed by atoms with Gasteiger partial charge in [-0.2, -0.15) is 0 Å². The monoisotopic (exact) mass is 220 g/mol. The highest BCUT2D eigenvalue weighted by Gasteiger charge is 2.31. The van der Waals surface area contributed by atoms with Crippen LogP contribution in [0.15, 0.2) is 0 Å². The van der Waals surface area contributed by atoms with Crippen molar-refractivity contribution in [3.63, 3.8) is 0 Å². The summed E-state index contributed by atoms with van der Waals surface area (Å²) in [6, 6.07) is 0. The van der Waals surface area contributed by atoms with Gasteiger partial charge in [-0.15, -0.1) is 12.4 Å². The number of primary amides is 1. The average molecular weight is 221 g/mol. The van der Waals surface area contributed by atoms with E-state index < -0.39 is 11.8 Å². The number of amides is 1. The lowest BCUT2D eigenvalue weighted by Crippen LogP contribution is -2.40. The molecule has 0 bridgehead atoms. The van der Waals surface area contributed by atoms with Crippen molar-refractivity contribution in [2.45, 2.75) is 19.8 Å². The number of piperidine rings is 1. The molecule has 0 spiro atoms. The minimum atomic E-state index is -0.568. The van der Waals surface area contributed by atoms with Crippen LogP contribution < -0.4 is 11.1 Å². The van der Waals surface area contributed by atoms with Gasteiger partial charge in [-0.25, -0.2) is 0 Å². The van der Waals surface area contributed by atoms with Crippen molar-refractivity contribution in [3.05, 3.63) is 0 Å². The minimum Gasteiger partial charge on any atom is -0.369 e. The van der Waals surface area contributed by atoms with Crippen molar-refractivity contribution in [2.75, 3.05) is 13.1 Å². The zero-order valence-electron chi connectivity index (χ0n) is 8.29. The van der Waals surface area contributed by atoms with E-state index in [2.05, 4.69) is 5.32 Å². The summed E-state index contributed by atoms with van der Waals surface area (Å²) in [5.74, 6) is -0.989. The maximum absolute atomic E-state index is 11.2. The smallest absolute Gasteiger partial charge is 0.228 e. The maximum Gasteiger partial charge on any atom is 0.228 e. The summed E-state index contributed by atoms with van der Waals surface area (Å²) in [7, 11) is 0. The summed E-state index contributed by atoms with van der Waals surface area (Å²) in [6.45, 7) is 3.20. The fourth-order valence-electron chi connectivity index (χ4n) is 1.94. The third-order valence-electron chi connectivity index (χ3n) is 2.60. The number of carbonyl (C=O) groups excluding carboxylic acids is 2. The van der Waals surface area contributed by atoms with Gasteiger partial charge in [-0.3, -0.25) is 9.59 Å². The standard InChI is InChI=1S/C9H16N2O2.ClH/c1-6(12)8(9(10)13)7-2-4-11-5-3-7;/h7-8,11H,2-5H2,1H3,(H2,10,13);1H. The number of ketones is 1. The summed E-state index contributed by atoms with van der Waals surface area (Å²) >= 11 is 0. The molecule has 0 saturated carbocycles. The van der Waals surface area contributed by atoms with Gasteiger partial charge in [0.05, 0.1) is 5.92 Å². The van der Waals surface area contributed by atoms with Crippen LogP contribution in [0.3, 0.4) is 0 Å². The van der Waals surface area contributed by atoms with Crippen LogP contribution in [-0.4, -0.2) is 24.8 Å². The molecule has 3 N–H and O–H groups in total. The van der Waals surface area contributed by atoms with Gasteiger partial charge in [0.1, 0.15) is 5.78 Å². The van der Waals surface area contributed by atoms with E-state index in [9.17, 15) is 9.59 Å². The molecule has 1 aliphatic heterocycles. The molecule has 1 aliphatic rings. The Morgan fingerprint density at radius 1 is 1.36 bits per heavy atom. The lowest BCUT2D eigenvalue weighted by Gasteiger charge is -2.26.